The second kappa shape index (κ2) is 18.0. The Balaban J connectivity index is 2.49. The van der Waals surface area contributed by atoms with Gasteiger partial charge < -0.3 is 36.4 Å². The van der Waals surface area contributed by atoms with Gasteiger partial charge in [-0.05, 0) is 55.8 Å². The molecule has 0 unspecified atom stereocenters. The largest absolute Gasteiger partial charge is 0.481 e. The van der Waals surface area contributed by atoms with Gasteiger partial charge >= 0.3 is 11.9 Å². The average Bonchev–Trinajstić information content (AvgIpc) is 3.73. The van der Waals surface area contributed by atoms with Crippen LogP contribution in [-0.4, -0.2) is 93.8 Å². The number of carboxylic acids is 2. The van der Waals surface area contributed by atoms with Crippen LogP contribution >= 0.6 is 0 Å². The zero-order chi connectivity index (χ0) is 38.0. The Morgan fingerprint density at radius 3 is 1.70 bits per heavy atom. The molecule has 0 spiro atoms. The quantitative estimate of drug-likeness (QED) is 0.131. The first-order valence-corrected chi connectivity index (χ1v) is 18.1. The molecule has 0 radical (unpaired) electrons. The summed E-state index contributed by atoms with van der Waals surface area (Å²) in [6.45, 7) is 15.6. The SMILES string of the molecule is CCC(CC)NC(=O)C[C@H](C(=O)N[C@@H](CC(=O)N1CCCC1)C(=O)N[C@H](C(=O)N[C@@H](CC(C)(C)C)C(=O)O)C1(C(=O)O)CCCC1)C(C)(C)C. The minimum atomic E-state index is -1.74. The van der Waals surface area contributed by atoms with Crippen LogP contribution in [0.4, 0.5) is 0 Å². The van der Waals surface area contributed by atoms with Gasteiger partial charge in [-0.1, -0.05) is 68.2 Å². The van der Waals surface area contributed by atoms with Crippen molar-refractivity contribution in [2.45, 2.75) is 150 Å². The molecule has 6 N–H and O–H groups in total. The number of amides is 5. The van der Waals surface area contributed by atoms with Crippen LogP contribution in [0.5, 0.6) is 0 Å². The maximum atomic E-state index is 14.2. The molecule has 14 heteroatoms. The fourth-order valence-corrected chi connectivity index (χ4v) is 6.91. The lowest BCUT2D eigenvalue weighted by molar-refractivity contribution is -0.155. The van der Waals surface area contributed by atoms with Gasteiger partial charge in [-0.2, -0.15) is 0 Å². The summed E-state index contributed by atoms with van der Waals surface area (Å²) in [5.41, 5.74) is -2.97. The molecule has 1 aliphatic carbocycles. The highest BCUT2D eigenvalue weighted by molar-refractivity contribution is 5.99. The van der Waals surface area contributed by atoms with E-state index in [1.165, 1.54) is 0 Å². The van der Waals surface area contributed by atoms with Gasteiger partial charge in [-0.3, -0.25) is 28.8 Å². The Morgan fingerprint density at radius 2 is 1.24 bits per heavy atom. The lowest BCUT2D eigenvalue weighted by Crippen LogP contribution is -2.63. The van der Waals surface area contributed by atoms with Crippen LogP contribution < -0.4 is 21.3 Å². The summed E-state index contributed by atoms with van der Waals surface area (Å²) in [6, 6.07) is -4.62. The first kappa shape index (κ1) is 42.5. The number of carboxylic acid groups (broad SMARTS) is 2. The molecule has 14 nitrogen and oxygen atoms in total. The number of carbonyl (C=O) groups excluding carboxylic acids is 5. The van der Waals surface area contributed by atoms with Crippen molar-refractivity contribution in [3.8, 4) is 0 Å². The van der Waals surface area contributed by atoms with E-state index in [1.54, 1.807) is 46.4 Å². The number of hydrogen-bond acceptors (Lipinski definition) is 7. The van der Waals surface area contributed by atoms with Crippen LogP contribution in [0.25, 0.3) is 0 Å². The van der Waals surface area contributed by atoms with Crippen molar-refractivity contribution in [1.29, 1.82) is 0 Å². The molecule has 4 atom stereocenters. The highest BCUT2D eigenvalue weighted by Crippen LogP contribution is 2.42. The first-order valence-electron chi connectivity index (χ1n) is 18.1. The van der Waals surface area contributed by atoms with E-state index in [1.807, 2.05) is 13.8 Å². The van der Waals surface area contributed by atoms with E-state index < -0.39 is 82.3 Å². The molecule has 1 saturated heterocycles. The van der Waals surface area contributed by atoms with Gasteiger partial charge in [0.1, 0.15) is 18.1 Å². The summed E-state index contributed by atoms with van der Waals surface area (Å²) in [6.07, 6.45) is 3.46. The van der Waals surface area contributed by atoms with E-state index in [2.05, 4.69) is 21.3 Å². The van der Waals surface area contributed by atoms with Crippen molar-refractivity contribution in [1.82, 2.24) is 26.2 Å². The number of nitrogens with one attached hydrogen (secondary N) is 4. The van der Waals surface area contributed by atoms with Gasteiger partial charge in [-0.15, -0.1) is 0 Å². The number of nitrogens with zero attached hydrogens (tertiary/aromatic N) is 1. The summed E-state index contributed by atoms with van der Waals surface area (Å²) in [4.78, 5) is 94.9. The fraction of sp³-hybridized carbons (Fsp3) is 0.806. The summed E-state index contributed by atoms with van der Waals surface area (Å²) in [5.74, 6) is -6.81. The highest BCUT2D eigenvalue weighted by Gasteiger charge is 2.53. The van der Waals surface area contributed by atoms with Gasteiger partial charge in [0.15, 0.2) is 0 Å². The topological polar surface area (TPSA) is 211 Å². The van der Waals surface area contributed by atoms with Crippen LogP contribution in [0, 0.1) is 22.2 Å². The van der Waals surface area contributed by atoms with E-state index in [9.17, 15) is 43.8 Å². The van der Waals surface area contributed by atoms with Crippen LogP contribution in [0.2, 0.25) is 0 Å². The maximum absolute atomic E-state index is 14.2. The number of aliphatic carboxylic acids is 2. The molecule has 0 aromatic heterocycles. The van der Waals surface area contributed by atoms with Crippen molar-refractivity contribution in [2.75, 3.05) is 13.1 Å². The number of rotatable bonds is 17. The standard InChI is InChI=1S/C36H61N5O9/c1-9-22(10-2)37-26(42)19-23(35(6,7)8)29(44)38-24(20-27(43)41-17-13-14-18-41)30(45)40-28(36(33(49)50)15-11-12-16-36)31(46)39-25(32(47)48)21-34(3,4)5/h22-25,28H,9-21H2,1-8H3,(H,37,42)(H,38,44)(H,39,46)(H,40,45)(H,47,48)(H,49,50)/t23-,24+,25+,28-/m1/s1. The van der Waals surface area contributed by atoms with Gasteiger partial charge in [0.25, 0.3) is 0 Å². The lowest BCUT2D eigenvalue weighted by Gasteiger charge is -2.36. The Labute approximate surface area is 296 Å². The maximum Gasteiger partial charge on any atom is 0.326 e. The zero-order valence-corrected chi connectivity index (χ0v) is 31.3. The molecule has 1 saturated carbocycles. The molecule has 1 heterocycles. The lowest BCUT2D eigenvalue weighted by atomic mass is 9.77. The monoisotopic (exact) mass is 707 g/mol. The van der Waals surface area contributed by atoms with E-state index in [0.29, 0.717) is 38.8 Å². The molecule has 0 bridgehead atoms. The average molecular weight is 708 g/mol. The van der Waals surface area contributed by atoms with Crippen LogP contribution in [0.1, 0.15) is 126 Å². The van der Waals surface area contributed by atoms with Gasteiger partial charge in [-0.25, -0.2) is 4.79 Å². The minimum absolute atomic E-state index is 0.0385. The number of likely N-dealkylation sites (tertiary alicyclic amines) is 1. The molecule has 5 amide bonds. The van der Waals surface area contributed by atoms with E-state index in [0.717, 1.165) is 12.8 Å². The summed E-state index contributed by atoms with van der Waals surface area (Å²) in [7, 11) is 0. The van der Waals surface area contributed by atoms with E-state index >= 15 is 0 Å². The zero-order valence-electron chi connectivity index (χ0n) is 31.3. The van der Waals surface area contributed by atoms with E-state index in [4.69, 9.17) is 0 Å². The Bertz CT molecular complexity index is 1240. The molecule has 2 aliphatic rings. The Kier molecular flexibility index (Phi) is 15.3. The second-order valence-electron chi connectivity index (χ2n) is 16.3. The summed E-state index contributed by atoms with van der Waals surface area (Å²) < 4.78 is 0. The summed E-state index contributed by atoms with van der Waals surface area (Å²) >= 11 is 0. The second-order valence-corrected chi connectivity index (χ2v) is 16.3. The molecule has 1 aliphatic heterocycles. The predicted octanol–water partition coefficient (Wildman–Crippen LogP) is 2.98. The van der Waals surface area contributed by atoms with Crippen LogP contribution in [-0.2, 0) is 33.6 Å². The van der Waals surface area contributed by atoms with Gasteiger partial charge in [0.2, 0.25) is 29.5 Å². The fourth-order valence-electron chi connectivity index (χ4n) is 6.91. The molecule has 0 aromatic rings. The molecular formula is C36H61N5O9. The number of hydrogen-bond donors (Lipinski definition) is 6. The van der Waals surface area contributed by atoms with Crippen molar-refractivity contribution in [2.24, 2.45) is 22.2 Å². The van der Waals surface area contributed by atoms with Crippen molar-refractivity contribution >= 4 is 41.5 Å². The normalized spacial score (nSPS) is 18.5. The molecular weight excluding hydrogens is 646 g/mol. The van der Waals surface area contributed by atoms with Gasteiger partial charge in [0, 0.05) is 25.6 Å². The first-order chi connectivity index (χ1) is 23.1. The van der Waals surface area contributed by atoms with Crippen molar-refractivity contribution < 1.29 is 43.8 Å². The molecule has 2 fully saturated rings. The Morgan fingerprint density at radius 1 is 0.700 bits per heavy atom. The Hall–Kier alpha value is -3.71. The molecule has 2 rings (SSSR count). The van der Waals surface area contributed by atoms with Crippen molar-refractivity contribution in [3.05, 3.63) is 0 Å². The highest BCUT2D eigenvalue weighted by atomic mass is 16.4. The van der Waals surface area contributed by atoms with Crippen LogP contribution in [0.3, 0.4) is 0 Å². The smallest absolute Gasteiger partial charge is 0.326 e. The minimum Gasteiger partial charge on any atom is -0.481 e. The molecule has 284 valence electrons. The molecule has 0 aromatic carbocycles. The third-order valence-corrected chi connectivity index (χ3v) is 10.0. The third kappa shape index (κ3) is 12.0. The summed E-state index contributed by atoms with van der Waals surface area (Å²) in [5, 5.41) is 31.0. The van der Waals surface area contributed by atoms with Crippen molar-refractivity contribution in [3.63, 3.8) is 0 Å². The number of carbonyl (C=O) groups is 7. The van der Waals surface area contributed by atoms with E-state index in [-0.39, 0.29) is 37.6 Å². The molecule has 50 heavy (non-hydrogen) atoms. The third-order valence-electron chi connectivity index (χ3n) is 10.0. The predicted molar refractivity (Wildman–Crippen MR) is 187 cm³/mol. The van der Waals surface area contributed by atoms with Crippen LogP contribution in [0.15, 0.2) is 0 Å². The van der Waals surface area contributed by atoms with Gasteiger partial charge in [0.05, 0.1) is 17.8 Å².